The van der Waals surface area contributed by atoms with Gasteiger partial charge in [-0.15, -0.1) is 0 Å². The number of fused-ring (bicyclic) bond motifs is 1. The Morgan fingerprint density at radius 1 is 1.25 bits per heavy atom. The van der Waals surface area contributed by atoms with Crippen molar-refractivity contribution in [3.8, 4) is 11.3 Å². The van der Waals surface area contributed by atoms with Gasteiger partial charge in [0.1, 0.15) is 5.69 Å². The van der Waals surface area contributed by atoms with Crippen molar-refractivity contribution in [2.24, 2.45) is 0 Å². The van der Waals surface area contributed by atoms with E-state index in [1.807, 2.05) is 24.3 Å². The van der Waals surface area contributed by atoms with Crippen LogP contribution in [0.3, 0.4) is 0 Å². The van der Waals surface area contributed by atoms with Crippen LogP contribution >= 0.6 is 11.6 Å². The Kier molecular flexibility index (Phi) is 2.42. The summed E-state index contributed by atoms with van der Waals surface area (Å²) in [5.41, 5.74) is 3.24. The molecule has 1 aromatic heterocycles. The first-order chi connectivity index (χ1) is 7.84. The van der Waals surface area contributed by atoms with E-state index in [4.69, 9.17) is 16.1 Å². The molecule has 0 atom stereocenters. The van der Waals surface area contributed by atoms with E-state index in [1.54, 1.807) is 0 Å². The Morgan fingerprint density at radius 3 is 2.88 bits per heavy atom. The van der Waals surface area contributed by atoms with Gasteiger partial charge in [-0.1, -0.05) is 28.9 Å². The van der Waals surface area contributed by atoms with Crippen LogP contribution in [-0.4, -0.2) is 11.7 Å². The predicted octanol–water partition coefficient (Wildman–Crippen LogP) is 2.64. The van der Waals surface area contributed by atoms with Gasteiger partial charge >= 0.3 is 0 Å². The molecule has 82 valence electrons. The fraction of sp³-hybridized carbons (Fsp3) is 0.250. The van der Waals surface area contributed by atoms with Gasteiger partial charge in [-0.05, 0) is 25.1 Å². The first-order valence-electron chi connectivity index (χ1n) is 5.28. The lowest BCUT2D eigenvalue weighted by atomic mass is 10.0. The van der Waals surface area contributed by atoms with Crippen molar-refractivity contribution in [3.63, 3.8) is 0 Å². The maximum atomic E-state index is 5.86. The van der Waals surface area contributed by atoms with Crippen LogP contribution in [0.5, 0.6) is 0 Å². The van der Waals surface area contributed by atoms with Gasteiger partial charge in [-0.25, -0.2) is 0 Å². The van der Waals surface area contributed by atoms with E-state index in [1.165, 1.54) is 5.56 Å². The summed E-state index contributed by atoms with van der Waals surface area (Å²) in [5.74, 6) is 0.955. The van der Waals surface area contributed by atoms with Crippen LogP contribution in [-0.2, 0) is 13.0 Å². The number of hydrogen-bond acceptors (Lipinski definition) is 3. The maximum absolute atomic E-state index is 5.86. The molecule has 0 bridgehead atoms. The van der Waals surface area contributed by atoms with Crippen molar-refractivity contribution in [1.82, 2.24) is 10.5 Å². The standard InChI is InChI=1S/C12H11ClN2O/c13-9-3-1-8(2-4-9)12-10-5-6-14-7-11(10)16-15-12/h1-4,14H,5-7H2. The minimum Gasteiger partial charge on any atom is -0.359 e. The summed E-state index contributed by atoms with van der Waals surface area (Å²) in [6.07, 6.45) is 0.969. The number of aromatic nitrogens is 1. The minimum atomic E-state index is 0.739. The zero-order valence-electron chi connectivity index (χ0n) is 8.66. The van der Waals surface area contributed by atoms with E-state index in [2.05, 4.69) is 10.5 Å². The molecule has 0 unspecified atom stereocenters. The lowest BCUT2D eigenvalue weighted by molar-refractivity contribution is 0.367. The fourth-order valence-electron chi connectivity index (χ4n) is 1.99. The Bertz CT molecular complexity index is 504. The molecule has 16 heavy (non-hydrogen) atoms. The molecule has 1 aromatic carbocycles. The number of nitrogens with one attached hydrogen (secondary N) is 1. The zero-order chi connectivity index (χ0) is 11.0. The fourth-order valence-corrected chi connectivity index (χ4v) is 2.12. The molecule has 1 aliphatic rings. The highest BCUT2D eigenvalue weighted by molar-refractivity contribution is 6.30. The lowest BCUT2D eigenvalue weighted by Gasteiger charge is -2.10. The summed E-state index contributed by atoms with van der Waals surface area (Å²) in [4.78, 5) is 0. The van der Waals surface area contributed by atoms with E-state index in [9.17, 15) is 0 Å². The Morgan fingerprint density at radius 2 is 2.06 bits per heavy atom. The van der Waals surface area contributed by atoms with Crippen LogP contribution in [0.4, 0.5) is 0 Å². The van der Waals surface area contributed by atoms with Crippen LogP contribution in [0.1, 0.15) is 11.3 Å². The number of rotatable bonds is 1. The number of halogens is 1. The van der Waals surface area contributed by atoms with Gasteiger partial charge in [0.15, 0.2) is 5.76 Å². The van der Waals surface area contributed by atoms with Crippen molar-refractivity contribution < 1.29 is 4.52 Å². The van der Waals surface area contributed by atoms with Gasteiger partial charge in [0.2, 0.25) is 0 Å². The number of hydrogen-bond donors (Lipinski definition) is 1. The number of benzene rings is 1. The smallest absolute Gasteiger partial charge is 0.154 e. The van der Waals surface area contributed by atoms with Gasteiger partial charge in [0.05, 0.1) is 6.54 Å². The molecule has 3 rings (SSSR count). The minimum absolute atomic E-state index is 0.739. The van der Waals surface area contributed by atoms with Crippen LogP contribution < -0.4 is 5.32 Å². The van der Waals surface area contributed by atoms with Crippen molar-refractivity contribution >= 4 is 11.6 Å². The van der Waals surface area contributed by atoms with Gasteiger partial charge in [-0.2, -0.15) is 0 Å². The van der Waals surface area contributed by atoms with Crippen LogP contribution in [0, 0.1) is 0 Å². The quantitative estimate of drug-likeness (QED) is 0.825. The van der Waals surface area contributed by atoms with Gasteiger partial charge in [0.25, 0.3) is 0 Å². The number of nitrogens with zero attached hydrogens (tertiary/aromatic N) is 1. The second-order valence-corrected chi connectivity index (χ2v) is 4.30. The molecule has 1 N–H and O–H groups in total. The van der Waals surface area contributed by atoms with E-state index in [-0.39, 0.29) is 0 Å². The second kappa shape index (κ2) is 3.92. The summed E-state index contributed by atoms with van der Waals surface area (Å²) in [6, 6.07) is 7.70. The van der Waals surface area contributed by atoms with Crippen molar-refractivity contribution in [1.29, 1.82) is 0 Å². The molecule has 0 aliphatic carbocycles. The van der Waals surface area contributed by atoms with Gasteiger partial charge in [0, 0.05) is 16.1 Å². The molecule has 0 spiro atoms. The van der Waals surface area contributed by atoms with E-state index in [0.29, 0.717) is 0 Å². The zero-order valence-corrected chi connectivity index (χ0v) is 9.42. The third-order valence-electron chi connectivity index (χ3n) is 2.82. The SMILES string of the molecule is Clc1ccc(-c2noc3c2CCNC3)cc1. The molecule has 0 radical (unpaired) electrons. The third kappa shape index (κ3) is 1.62. The van der Waals surface area contributed by atoms with E-state index >= 15 is 0 Å². The van der Waals surface area contributed by atoms with Crippen molar-refractivity contribution in [3.05, 3.63) is 40.6 Å². The van der Waals surface area contributed by atoms with Crippen molar-refractivity contribution in [2.75, 3.05) is 6.54 Å². The third-order valence-corrected chi connectivity index (χ3v) is 3.08. The molecule has 3 nitrogen and oxygen atoms in total. The first kappa shape index (κ1) is 9.87. The van der Waals surface area contributed by atoms with Gasteiger partial charge < -0.3 is 9.84 Å². The average molecular weight is 235 g/mol. The van der Waals surface area contributed by atoms with Crippen LogP contribution in [0.25, 0.3) is 11.3 Å². The Labute approximate surface area is 98.4 Å². The normalized spacial score (nSPS) is 14.8. The first-order valence-corrected chi connectivity index (χ1v) is 5.66. The van der Waals surface area contributed by atoms with E-state index in [0.717, 1.165) is 41.6 Å². The molecule has 0 saturated heterocycles. The van der Waals surface area contributed by atoms with Gasteiger partial charge in [-0.3, -0.25) is 0 Å². The highest BCUT2D eigenvalue weighted by Crippen LogP contribution is 2.28. The van der Waals surface area contributed by atoms with Crippen LogP contribution in [0.2, 0.25) is 5.02 Å². The summed E-state index contributed by atoms with van der Waals surface area (Å²) < 4.78 is 5.33. The summed E-state index contributed by atoms with van der Waals surface area (Å²) in [7, 11) is 0. The topological polar surface area (TPSA) is 38.1 Å². The Hall–Kier alpha value is -1.32. The molecule has 0 fully saturated rings. The molecule has 0 saturated carbocycles. The summed E-state index contributed by atoms with van der Waals surface area (Å²) in [5, 5.41) is 8.14. The van der Waals surface area contributed by atoms with E-state index < -0.39 is 0 Å². The monoisotopic (exact) mass is 234 g/mol. The lowest BCUT2D eigenvalue weighted by Crippen LogP contribution is -2.22. The Balaban J connectivity index is 2.06. The molecular weight excluding hydrogens is 224 g/mol. The molecule has 2 heterocycles. The molecule has 1 aliphatic heterocycles. The molecule has 0 amide bonds. The van der Waals surface area contributed by atoms with Crippen molar-refractivity contribution in [2.45, 2.75) is 13.0 Å². The highest BCUT2D eigenvalue weighted by Gasteiger charge is 2.19. The largest absolute Gasteiger partial charge is 0.359 e. The van der Waals surface area contributed by atoms with Crippen LogP contribution in [0.15, 0.2) is 28.8 Å². The summed E-state index contributed by atoms with van der Waals surface area (Å²) >= 11 is 5.86. The highest BCUT2D eigenvalue weighted by atomic mass is 35.5. The summed E-state index contributed by atoms with van der Waals surface area (Å²) in [6.45, 7) is 1.75. The average Bonchev–Trinajstić information content (AvgIpc) is 2.74. The maximum Gasteiger partial charge on any atom is 0.154 e. The molecule has 4 heteroatoms. The molecule has 2 aromatic rings. The second-order valence-electron chi connectivity index (χ2n) is 3.87. The predicted molar refractivity (Wildman–Crippen MR) is 62.4 cm³/mol. The molecular formula is C12H11ClN2O.